The van der Waals surface area contributed by atoms with Gasteiger partial charge in [0.15, 0.2) is 0 Å². The van der Waals surface area contributed by atoms with Gasteiger partial charge in [0.05, 0.1) is 10.8 Å². The second kappa shape index (κ2) is 4.56. The lowest BCUT2D eigenvalue weighted by molar-refractivity contribution is -0.143. The van der Waals surface area contributed by atoms with Crippen molar-refractivity contribution in [1.29, 1.82) is 0 Å². The third kappa shape index (κ3) is 2.03. The van der Waals surface area contributed by atoms with Gasteiger partial charge in [0.25, 0.3) is 0 Å². The number of hydrogen-bond donors (Lipinski definition) is 1. The molecule has 20 heavy (non-hydrogen) atoms. The van der Waals surface area contributed by atoms with E-state index in [9.17, 15) is 13.2 Å². The van der Waals surface area contributed by atoms with Crippen molar-refractivity contribution in [2.45, 2.75) is 30.7 Å². The molecule has 1 aliphatic carbocycles. The number of fused-ring (bicyclic) bond motifs is 2. The quantitative estimate of drug-likeness (QED) is 0.916. The largest absolute Gasteiger partial charge is 0.481 e. The number of piperidine rings is 1. The van der Waals surface area contributed by atoms with Crippen LogP contribution >= 0.6 is 0 Å². The monoisotopic (exact) mass is 295 g/mol. The van der Waals surface area contributed by atoms with Crippen molar-refractivity contribution < 1.29 is 18.3 Å². The number of aliphatic carboxylic acids is 1. The molecule has 3 atom stereocenters. The van der Waals surface area contributed by atoms with Crippen LogP contribution in [0.1, 0.15) is 18.4 Å². The van der Waals surface area contributed by atoms with Crippen molar-refractivity contribution in [2.75, 3.05) is 6.54 Å². The molecule has 0 spiro atoms. The third-order valence-corrected chi connectivity index (χ3v) is 6.37. The minimum absolute atomic E-state index is 0.0438. The maximum atomic E-state index is 12.6. The maximum Gasteiger partial charge on any atom is 0.306 e. The van der Waals surface area contributed by atoms with Gasteiger partial charge in [-0.1, -0.05) is 17.7 Å². The summed E-state index contributed by atoms with van der Waals surface area (Å²) in [6.45, 7) is 2.24. The van der Waals surface area contributed by atoms with Crippen molar-refractivity contribution in [3.63, 3.8) is 0 Å². The van der Waals surface area contributed by atoms with E-state index in [1.807, 2.05) is 6.92 Å². The fourth-order valence-corrected chi connectivity index (χ4v) is 5.06. The summed E-state index contributed by atoms with van der Waals surface area (Å²) in [5, 5.41) is 9.10. The molecule has 1 aliphatic heterocycles. The minimum Gasteiger partial charge on any atom is -0.481 e. The van der Waals surface area contributed by atoms with Gasteiger partial charge in [0, 0.05) is 12.6 Å². The number of hydrogen-bond acceptors (Lipinski definition) is 3. The third-order valence-electron chi connectivity index (χ3n) is 4.44. The van der Waals surface area contributed by atoms with E-state index in [1.54, 1.807) is 24.3 Å². The number of rotatable bonds is 3. The van der Waals surface area contributed by atoms with E-state index in [-0.39, 0.29) is 17.9 Å². The zero-order valence-electron chi connectivity index (χ0n) is 11.2. The predicted molar refractivity (Wildman–Crippen MR) is 72.7 cm³/mol. The van der Waals surface area contributed by atoms with Gasteiger partial charge in [-0.05, 0) is 37.8 Å². The smallest absolute Gasteiger partial charge is 0.306 e. The number of carbonyl (C=O) groups is 1. The van der Waals surface area contributed by atoms with E-state index < -0.39 is 16.0 Å². The van der Waals surface area contributed by atoms with Gasteiger partial charge in [-0.25, -0.2) is 8.42 Å². The van der Waals surface area contributed by atoms with Crippen molar-refractivity contribution in [2.24, 2.45) is 11.8 Å². The van der Waals surface area contributed by atoms with E-state index in [4.69, 9.17) is 5.11 Å². The summed E-state index contributed by atoms with van der Waals surface area (Å²) in [5.41, 5.74) is 1.01. The normalized spacial score (nSPS) is 29.8. The summed E-state index contributed by atoms with van der Waals surface area (Å²) in [5.74, 6) is -1.23. The van der Waals surface area contributed by atoms with Crippen LogP contribution in [-0.2, 0) is 14.8 Å². The summed E-state index contributed by atoms with van der Waals surface area (Å²) in [6.07, 6.45) is 1.10. The summed E-state index contributed by atoms with van der Waals surface area (Å²) in [7, 11) is -3.50. The molecule has 0 amide bonds. The Morgan fingerprint density at radius 1 is 1.25 bits per heavy atom. The van der Waals surface area contributed by atoms with E-state index in [2.05, 4.69) is 0 Å². The zero-order chi connectivity index (χ0) is 14.5. The molecular formula is C14H17NO4S. The number of carboxylic acids is 1. The van der Waals surface area contributed by atoms with Crippen LogP contribution in [0, 0.1) is 18.8 Å². The van der Waals surface area contributed by atoms with Crippen LogP contribution in [0.3, 0.4) is 0 Å². The van der Waals surface area contributed by atoms with Crippen molar-refractivity contribution >= 4 is 16.0 Å². The Hall–Kier alpha value is -1.40. The predicted octanol–water partition coefficient (Wildman–Crippen LogP) is 1.48. The van der Waals surface area contributed by atoms with Gasteiger partial charge >= 0.3 is 5.97 Å². The summed E-state index contributed by atoms with van der Waals surface area (Å²) >= 11 is 0. The van der Waals surface area contributed by atoms with Crippen LogP contribution < -0.4 is 0 Å². The van der Waals surface area contributed by atoms with Gasteiger partial charge in [-0.2, -0.15) is 4.31 Å². The fourth-order valence-electron chi connectivity index (χ4n) is 3.36. The lowest BCUT2D eigenvalue weighted by atomic mass is 9.96. The van der Waals surface area contributed by atoms with Crippen LogP contribution in [0.4, 0.5) is 0 Å². The molecule has 2 bridgehead atoms. The fraction of sp³-hybridized carbons (Fsp3) is 0.500. The minimum atomic E-state index is -3.50. The average molecular weight is 295 g/mol. The Morgan fingerprint density at radius 3 is 2.40 bits per heavy atom. The molecule has 5 nitrogen and oxygen atoms in total. The second-order valence-corrected chi connectivity index (χ2v) is 7.61. The Kier molecular flexibility index (Phi) is 3.10. The van der Waals surface area contributed by atoms with Crippen molar-refractivity contribution in [3.05, 3.63) is 29.8 Å². The summed E-state index contributed by atoms with van der Waals surface area (Å²) < 4.78 is 26.7. The van der Waals surface area contributed by atoms with E-state index in [0.717, 1.165) is 5.56 Å². The molecule has 1 saturated carbocycles. The SMILES string of the molecule is Cc1ccc(S(=O)(=O)N2CC3CC2C[C@H]3C(=O)O)cc1. The Balaban J connectivity index is 1.85. The highest BCUT2D eigenvalue weighted by atomic mass is 32.2. The van der Waals surface area contributed by atoms with Crippen molar-refractivity contribution in [1.82, 2.24) is 4.31 Å². The number of sulfonamides is 1. The lowest BCUT2D eigenvalue weighted by Gasteiger charge is -2.29. The van der Waals surface area contributed by atoms with Crippen LogP contribution in [0.2, 0.25) is 0 Å². The highest BCUT2D eigenvalue weighted by Gasteiger charge is 2.51. The molecule has 1 aromatic carbocycles. The molecule has 108 valence electrons. The van der Waals surface area contributed by atoms with Gasteiger partial charge in [-0.15, -0.1) is 0 Å². The first-order valence-electron chi connectivity index (χ1n) is 6.71. The zero-order valence-corrected chi connectivity index (χ0v) is 12.0. The molecule has 1 saturated heterocycles. The lowest BCUT2D eigenvalue weighted by Crippen LogP contribution is -2.41. The van der Waals surface area contributed by atoms with Crippen molar-refractivity contribution in [3.8, 4) is 0 Å². The number of nitrogens with zero attached hydrogens (tertiary/aromatic N) is 1. The Morgan fingerprint density at radius 2 is 1.90 bits per heavy atom. The summed E-state index contributed by atoms with van der Waals surface area (Å²) in [6, 6.07) is 6.63. The topological polar surface area (TPSA) is 74.7 Å². The van der Waals surface area contributed by atoms with E-state index in [0.29, 0.717) is 24.3 Å². The molecule has 0 radical (unpaired) electrons. The molecule has 2 fully saturated rings. The highest BCUT2D eigenvalue weighted by molar-refractivity contribution is 7.89. The molecule has 1 aromatic rings. The number of carboxylic acid groups (broad SMARTS) is 1. The maximum absolute atomic E-state index is 12.6. The van der Waals surface area contributed by atoms with Crippen LogP contribution in [0.25, 0.3) is 0 Å². The standard InChI is InChI=1S/C14H17NO4S/c1-9-2-4-12(5-3-9)20(18,19)15-8-10-6-11(15)7-13(10)14(16)17/h2-5,10-11,13H,6-8H2,1H3,(H,16,17)/t10?,11?,13-/m1/s1. The number of aryl methyl sites for hydroxylation is 1. The van der Waals surface area contributed by atoms with E-state index in [1.165, 1.54) is 4.31 Å². The molecule has 0 aromatic heterocycles. The van der Waals surface area contributed by atoms with Crippen LogP contribution in [0.15, 0.2) is 29.2 Å². The molecule has 3 rings (SSSR count). The Labute approximate surface area is 118 Å². The van der Waals surface area contributed by atoms with Gasteiger partial charge in [0.2, 0.25) is 10.0 Å². The Bertz CT molecular complexity index is 638. The van der Waals surface area contributed by atoms with Crippen LogP contribution in [0.5, 0.6) is 0 Å². The first-order valence-corrected chi connectivity index (χ1v) is 8.15. The average Bonchev–Trinajstić information content (AvgIpc) is 2.99. The highest BCUT2D eigenvalue weighted by Crippen LogP contribution is 2.44. The van der Waals surface area contributed by atoms with Gasteiger partial charge in [0.1, 0.15) is 0 Å². The summed E-state index contributed by atoms with van der Waals surface area (Å²) in [4.78, 5) is 11.4. The molecular weight excluding hydrogens is 278 g/mol. The molecule has 1 N–H and O–H groups in total. The van der Waals surface area contributed by atoms with Crippen LogP contribution in [-0.4, -0.2) is 36.4 Å². The molecule has 2 aliphatic rings. The van der Waals surface area contributed by atoms with E-state index >= 15 is 0 Å². The molecule has 1 heterocycles. The van der Waals surface area contributed by atoms with Gasteiger partial charge in [-0.3, -0.25) is 4.79 Å². The molecule has 6 heteroatoms. The first kappa shape index (κ1) is 13.6. The number of benzene rings is 1. The second-order valence-electron chi connectivity index (χ2n) is 5.72. The first-order chi connectivity index (χ1) is 9.39. The van der Waals surface area contributed by atoms with Gasteiger partial charge < -0.3 is 5.11 Å². The molecule has 2 unspecified atom stereocenters.